The van der Waals surface area contributed by atoms with E-state index in [0.29, 0.717) is 12.1 Å². The van der Waals surface area contributed by atoms with Crippen LogP contribution in [0.25, 0.3) is 0 Å². The molecule has 2 N–H and O–H groups in total. The number of likely N-dealkylation sites (N-methyl/N-ethyl adjacent to an activating group) is 1. The van der Waals surface area contributed by atoms with E-state index in [9.17, 15) is 14.0 Å². The highest BCUT2D eigenvalue weighted by Crippen LogP contribution is 2.26. The number of carbonyl (C=O) groups excluding carboxylic acids is 2. The Morgan fingerprint density at radius 3 is 2.56 bits per heavy atom. The number of carbonyl (C=O) groups is 2. The van der Waals surface area contributed by atoms with Crippen LogP contribution in [0.3, 0.4) is 0 Å². The maximum Gasteiger partial charge on any atom is 0.243 e. The van der Waals surface area contributed by atoms with Crippen molar-refractivity contribution in [1.29, 1.82) is 0 Å². The molecule has 0 saturated carbocycles. The monoisotopic (exact) mass is 458 g/mol. The van der Waals surface area contributed by atoms with Gasteiger partial charge in [-0.25, -0.2) is 4.39 Å². The maximum atomic E-state index is 13.4. The zero-order valence-electron chi connectivity index (χ0n) is 19.2. The first-order valence-electron chi connectivity index (χ1n) is 11.2. The molecule has 0 unspecified atom stereocenters. The summed E-state index contributed by atoms with van der Waals surface area (Å²) in [6, 6.07) is 23.0. The highest BCUT2D eigenvalue weighted by atomic mass is 19.1. The standard InChI is InChI=1S/C27H27FN4O2/c1-18(29-25(33)16-19-9-8-12-21(28)15-19)27(34)31-24-17-32(2)23-14-7-6-13-22(23)26(30-24)20-10-4-3-5-11-20/h3-15,18,24H,16-17H2,1-2H3,(H,29,33)(H,31,34)/t18-,24+/m0/s1. The Kier molecular flexibility index (Phi) is 7.01. The molecule has 3 aromatic rings. The average molecular weight is 459 g/mol. The summed E-state index contributed by atoms with van der Waals surface area (Å²) in [5, 5.41) is 5.65. The molecule has 0 spiro atoms. The van der Waals surface area contributed by atoms with Gasteiger partial charge in [-0.05, 0) is 30.7 Å². The fraction of sp³-hybridized carbons (Fsp3) is 0.222. The quantitative estimate of drug-likeness (QED) is 0.595. The molecule has 0 fully saturated rings. The molecule has 1 aliphatic heterocycles. The summed E-state index contributed by atoms with van der Waals surface area (Å²) in [5.41, 5.74) is 4.32. The van der Waals surface area contributed by atoms with Gasteiger partial charge in [0.2, 0.25) is 11.8 Å². The maximum absolute atomic E-state index is 13.4. The van der Waals surface area contributed by atoms with E-state index in [-0.39, 0.29) is 18.2 Å². The number of hydrogen-bond acceptors (Lipinski definition) is 4. The summed E-state index contributed by atoms with van der Waals surface area (Å²) in [7, 11) is 1.96. The van der Waals surface area contributed by atoms with Crippen LogP contribution in [0.5, 0.6) is 0 Å². The van der Waals surface area contributed by atoms with Crippen LogP contribution in [0.4, 0.5) is 10.1 Å². The second-order valence-electron chi connectivity index (χ2n) is 8.36. The fourth-order valence-electron chi connectivity index (χ4n) is 4.01. The lowest BCUT2D eigenvalue weighted by molar-refractivity contribution is -0.128. The van der Waals surface area contributed by atoms with Crippen LogP contribution in [0.15, 0.2) is 83.9 Å². The summed E-state index contributed by atoms with van der Waals surface area (Å²) < 4.78 is 13.4. The van der Waals surface area contributed by atoms with Crippen LogP contribution in [-0.2, 0) is 16.0 Å². The number of aliphatic imine (C=N–C) groups is 1. The number of hydrogen-bond donors (Lipinski definition) is 2. The first-order valence-corrected chi connectivity index (χ1v) is 11.2. The first kappa shape index (κ1) is 23.2. The van der Waals surface area contributed by atoms with E-state index in [1.54, 1.807) is 19.1 Å². The summed E-state index contributed by atoms with van der Waals surface area (Å²) in [6.45, 7) is 2.10. The molecule has 34 heavy (non-hydrogen) atoms. The number of halogens is 1. The Morgan fingerprint density at radius 2 is 1.79 bits per heavy atom. The largest absolute Gasteiger partial charge is 0.370 e. The topological polar surface area (TPSA) is 73.8 Å². The number of benzodiazepines with no additional fused rings is 1. The molecule has 7 heteroatoms. The van der Waals surface area contributed by atoms with Crippen molar-refractivity contribution in [3.8, 4) is 0 Å². The lowest BCUT2D eigenvalue weighted by Gasteiger charge is -2.24. The Morgan fingerprint density at radius 1 is 1.06 bits per heavy atom. The van der Waals surface area contributed by atoms with Gasteiger partial charge in [0.1, 0.15) is 18.0 Å². The van der Waals surface area contributed by atoms with Gasteiger partial charge in [-0.3, -0.25) is 14.6 Å². The van der Waals surface area contributed by atoms with Crippen molar-refractivity contribution >= 4 is 23.2 Å². The third kappa shape index (κ3) is 5.49. The van der Waals surface area contributed by atoms with Gasteiger partial charge in [-0.15, -0.1) is 0 Å². The molecule has 174 valence electrons. The molecule has 6 nitrogen and oxygen atoms in total. The molecule has 2 amide bonds. The van der Waals surface area contributed by atoms with E-state index < -0.39 is 18.0 Å². The summed E-state index contributed by atoms with van der Waals surface area (Å²) in [6.07, 6.45) is -0.518. The molecule has 0 bridgehead atoms. The molecule has 2 atom stereocenters. The summed E-state index contributed by atoms with van der Waals surface area (Å²) in [4.78, 5) is 32.3. The molecule has 0 aromatic heterocycles. The van der Waals surface area contributed by atoms with Crippen molar-refractivity contribution in [2.45, 2.75) is 25.6 Å². The SMILES string of the molecule is C[C@H](NC(=O)Cc1cccc(F)c1)C(=O)N[C@@H]1CN(C)c2ccccc2C(c2ccccc2)=N1. The fourth-order valence-corrected chi connectivity index (χ4v) is 4.01. The molecular formula is C27H27FN4O2. The van der Waals surface area contributed by atoms with Crippen molar-refractivity contribution in [2.24, 2.45) is 4.99 Å². The predicted octanol–water partition coefficient (Wildman–Crippen LogP) is 3.30. The Hall–Kier alpha value is -4.00. The number of benzene rings is 3. The van der Waals surface area contributed by atoms with E-state index >= 15 is 0 Å². The van der Waals surface area contributed by atoms with Crippen molar-refractivity contribution in [2.75, 3.05) is 18.5 Å². The van der Waals surface area contributed by atoms with Crippen LogP contribution in [0, 0.1) is 5.82 Å². The average Bonchev–Trinajstić information content (AvgIpc) is 2.96. The molecule has 1 aliphatic rings. The second kappa shape index (κ2) is 10.3. The minimum atomic E-state index is -0.771. The first-order chi connectivity index (χ1) is 16.4. The number of nitrogens with zero attached hydrogens (tertiary/aromatic N) is 2. The molecule has 1 heterocycles. The minimum absolute atomic E-state index is 0.00678. The number of fused-ring (bicyclic) bond motifs is 1. The van der Waals surface area contributed by atoms with Crippen molar-refractivity contribution in [3.05, 3.63) is 101 Å². The Bertz CT molecular complexity index is 1210. The van der Waals surface area contributed by atoms with Gasteiger partial charge in [0, 0.05) is 23.9 Å². The van der Waals surface area contributed by atoms with Crippen molar-refractivity contribution in [1.82, 2.24) is 10.6 Å². The Balaban J connectivity index is 1.49. The third-order valence-corrected chi connectivity index (χ3v) is 5.68. The van der Waals surface area contributed by atoms with Crippen molar-refractivity contribution < 1.29 is 14.0 Å². The zero-order valence-corrected chi connectivity index (χ0v) is 19.2. The van der Waals surface area contributed by atoms with Gasteiger partial charge in [-0.1, -0.05) is 60.7 Å². The van der Waals surface area contributed by atoms with Crippen LogP contribution in [-0.4, -0.2) is 43.3 Å². The smallest absolute Gasteiger partial charge is 0.243 e. The van der Waals surface area contributed by atoms with Crippen LogP contribution >= 0.6 is 0 Å². The number of nitrogens with one attached hydrogen (secondary N) is 2. The normalized spacial score (nSPS) is 16.0. The highest BCUT2D eigenvalue weighted by Gasteiger charge is 2.25. The van der Waals surface area contributed by atoms with Crippen molar-refractivity contribution in [3.63, 3.8) is 0 Å². The zero-order chi connectivity index (χ0) is 24.1. The van der Waals surface area contributed by atoms with E-state index in [1.165, 1.54) is 12.1 Å². The van der Waals surface area contributed by atoms with Gasteiger partial charge < -0.3 is 15.5 Å². The van der Waals surface area contributed by atoms with Gasteiger partial charge in [0.15, 0.2) is 0 Å². The molecule has 4 rings (SSSR count). The summed E-state index contributed by atoms with van der Waals surface area (Å²) >= 11 is 0. The lowest BCUT2D eigenvalue weighted by Crippen LogP contribution is -2.50. The molecule has 3 aromatic carbocycles. The third-order valence-electron chi connectivity index (χ3n) is 5.68. The lowest BCUT2D eigenvalue weighted by atomic mass is 10.0. The number of para-hydroxylation sites is 1. The summed E-state index contributed by atoms with van der Waals surface area (Å²) in [5.74, 6) is -1.10. The number of rotatable bonds is 6. The number of anilines is 1. The molecule has 0 saturated heterocycles. The number of amides is 2. The predicted molar refractivity (Wildman–Crippen MR) is 131 cm³/mol. The van der Waals surface area contributed by atoms with Crippen LogP contribution in [0.2, 0.25) is 0 Å². The minimum Gasteiger partial charge on any atom is -0.370 e. The van der Waals surface area contributed by atoms with E-state index in [0.717, 1.165) is 22.5 Å². The molecule has 0 radical (unpaired) electrons. The van der Waals surface area contributed by atoms with Gasteiger partial charge in [-0.2, -0.15) is 0 Å². The second-order valence-corrected chi connectivity index (χ2v) is 8.36. The molecule has 0 aliphatic carbocycles. The van der Waals surface area contributed by atoms with Gasteiger partial charge >= 0.3 is 0 Å². The van der Waals surface area contributed by atoms with Gasteiger partial charge in [0.25, 0.3) is 0 Å². The van der Waals surface area contributed by atoms with E-state index in [1.807, 2.05) is 61.6 Å². The molecular weight excluding hydrogens is 431 g/mol. The van der Waals surface area contributed by atoms with E-state index in [2.05, 4.69) is 15.5 Å². The van der Waals surface area contributed by atoms with Crippen LogP contribution < -0.4 is 15.5 Å². The highest BCUT2D eigenvalue weighted by molar-refractivity contribution is 6.16. The Labute approximate surface area is 198 Å². The van der Waals surface area contributed by atoms with Gasteiger partial charge in [0.05, 0.1) is 18.7 Å². The van der Waals surface area contributed by atoms with Crippen LogP contribution in [0.1, 0.15) is 23.6 Å². The van der Waals surface area contributed by atoms with E-state index in [4.69, 9.17) is 4.99 Å².